The molecule has 1 heterocycles. The summed E-state index contributed by atoms with van der Waals surface area (Å²) in [5.74, 6) is 1.69. The van der Waals surface area contributed by atoms with Gasteiger partial charge in [-0.15, -0.1) is 0 Å². The highest BCUT2D eigenvalue weighted by molar-refractivity contribution is 5.41. The first-order valence-corrected chi connectivity index (χ1v) is 11.9. The molecule has 2 saturated carbocycles. The van der Waals surface area contributed by atoms with Crippen molar-refractivity contribution in [3.05, 3.63) is 65.2 Å². The molecule has 1 aliphatic heterocycles. The molecule has 1 spiro atoms. The maximum Gasteiger partial charge on any atom is 0.174 e. The van der Waals surface area contributed by atoms with Gasteiger partial charge in [-0.25, -0.2) is 0 Å². The fourth-order valence-electron chi connectivity index (χ4n) is 7.35. The Kier molecular flexibility index (Phi) is 4.68. The number of aryl methyl sites for hydroxylation is 1. The average molecular weight is 421 g/mol. The van der Waals surface area contributed by atoms with E-state index in [1.54, 1.807) is 0 Å². The van der Waals surface area contributed by atoms with Gasteiger partial charge in [0.2, 0.25) is 0 Å². The Morgan fingerprint density at radius 2 is 1.87 bits per heavy atom. The molecule has 4 nitrogen and oxygen atoms in total. The summed E-state index contributed by atoms with van der Waals surface area (Å²) in [7, 11) is 0. The largest absolute Gasteiger partial charge is 0.489 e. The standard InChI is InChI=1S/C27H32O4/c1-26-16-24(28)25-21-10-8-20(29-17-18-5-3-2-4-6-18)15-19(21)7-9-22(25)23(26)11-12-27(26)30-13-14-31-27/h2-6,8,10,15,22-25,28H,7,9,11-14,16-17H2,1H3/t22-,23-,24-,25+,26-/m0/s1. The van der Waals surface area contributed by atoms with Crippen LogP contribution in [-0.2, 0) is 22.5 Å². The van der Waals surface area contributed by atoms with E-state index in [0.717, 1.165) is 37.9 Å². The smallest absolute Gasteiger partial charge is 0.174 e. The molecule has 1 saturated heterocycles. The first kappa shape index (κ1) is 19.8. The lowest BCUT2D eigenvalue weighted by Gasteiger charge is -2.54. The molecule has 2 aromatic rings. The third kappa shape index (κ3) is 2.99. The predicted molar refractivity (Wildman–Crippen MR) is 118 cm³/mol. The Morgan fingerprint density at radius 3 is 2.68 bits per heavy atom. The monoisotopic (exact) mass is 420 g/mol. The van der Waals surface area contributed by atoms with E-state index < -0.39 is 5.79 Å². The van der Waals surface area contributed by atoms with Crippen molar-refractivity contribution in [2.75, 3.05) is 13.2 Å². The van der Waals surface area contributed by atoms with E-state index in [1.165, 1.54) is 16.7 Å². The van der Waals surface area contributed by atoms with Crippen molar-refractivity contribution >= 4 is 0 Å². The molecule has 1 N–H and O–H groups in total. The Morgan fingerprint density at radius 1 is 1.06 bits per heavy atom. The van der Waals surface area contributed by atoms with Gasteiger partial charge >= 0.3 is 0 Å². The summed E-state index contributed by atoms with van der Waals surface area (Å²) >= 11 is 0. The molecular formula is C27H32O4. The van der Waals surface area contributed by atoms with Crippen LogP contribution in [0.25, 0.3) is 0 Å². The van der Waals surface area contributed by atoms with Crippen molar-refractivity contribution in [2.24, 2.45) is 17.3 Å². The molecule has 4 aliphatic rings. The zero-order chi connectivity index (χ0) is 21.1. The Bertz CT molecular complexity index is 951. The first-order chi connectivity index (χ1) is 15.1. The van der Waals surface area contributed by atoms with Crippen LogP contribution in [-0.4, -0.2) is 30.2 Å². The second-order valence-electron chi connectivity index (χ2n) is 10.1. The van der Waals surface area contributed by atoms with Gasteiger partial charge in [-0.2, -0.15) is 0 Å². The van der Waals surface area contributed by atoms with Gasteiger partial charge in [0.05, 0.1) is 19.3 Å². The van der Waals surface area contributed by atoms with Crippen molar-refractivity contribution in [3.63, 3.8) is 0 Å². The molecule has 164 valence electrons. The van der Waals surface area contributed by atoms with Crippen molar-refractivity contribution in [2.45, 2.75) is 63.4 Å². The minimum Gasteiger partial charge on any atom is -0.489 e. The first-order valence-electron chi connectivity index (χ1n) is 11.9. The molecule has 0 bridgehead atoms. The number of aliphatic hydroxyl groups is 1. The van der Waals surface area contributed by atoms with E-state index >= 15 is 0 Å². The van der Waals surface area contributed by atoms with E-state index in [9.17, 15) is 5.11 Å². The molecule has 6 rings (SSSR count). The molecule has 0 unspecified atom stereocenters. The van der Waals surface area contributed by atoms with Gasteiger partial charge in [0.1, 0.15) is 12.4 Å². The molecule has 0 amide bonds. The molecule has 3 aliphatic carbocycles. The Hall–Kier alpha value is -1.88. The second kappa shape index (κ2) is 7.33. The van der Waals surface area contributed by atoms with Gasteiger partial charge in [0, 0.05) is 17.8 Å². The molecule has 2 aromatic carbocycles. The maximum atomic E-state index is 11.4. The summed E-state index contributed by atoms with van der Waals surface area (Å²) in [6, 6.07) is 16.8. The van der Waals surface area contributed by atoms with Gasteiger partial charge in [-0.1, -0.05) is 43.3 Å². The third-order valence-corrected chi connectivity index (χ3v) is 8.72. The van der Waals surface area contributed by atoms with Gasteiger partial charge in [0.25, 0.3) is 0 Å². The Labute approximate surface area is 184 Å². The SMILES string of the molecule is C[C@]12C[C@H](O)[C@@H]3c4ccc(OCc5ccccc5)cc4CC[C@H]3[C@@H]1CCC21OCCO1. The van der Waals surface area contributed by atoms with Crippen molar-refractivity contribution in [1.29, 1.82) is 0 Å². The van der Waals surface area contributed by atoms with Crippen LogP contribution in [0.5, 0.6) is 5.75 Å². The minimum atomic E-state index is -0.473. The Balaban J connectivity index is 1.25. The van der Waals surface area contributed by atoms with Crippen molar-refractivity contribution in [1.82, 2.24) is 0 Å². The normalized spacial score (nSPS) is 35.4. The summed E-state index contributed by atoms with van der Waals surface area (Å²) in [5, 5.41) is 11.4. The molecule has 4 heteroatoms. The minimum absolute atomic E-state index is 0.0969. The van der Waals surface area contributed by atoms with Crippen LogP contribution < -0.4 is 4.74 Å². The highest BCUT2D eigenvalue weighted by atomic mass is 16.7. The highest BCUT2D eigenvalue weighted by Crippen LogP contribution is 2.66. The number of hydrogen-bond acceptors (Lipinski definition) is 4. The van der Waals surface area contributed by atoms with E-state index in [-0.39, 0.29) is 17.4 Å². The van der Waals surface area contributed by atoms with Crippen molar-refractivity contribution in [3.8, 4) is 5.75 Å². The highest BCUT2D eigenvalue weighted by Gasteiger charge is 2.66. The molecule has 0 radical (unpaired) electrons. The maximum absolute atomic E-state index is 11.4. The molecule has 31 heavy (non-hydrogen) atoms. The quantitative estimate of drug-likeness (QED) is 0.772. The summed E-state index contributed by atoms with van der Waals surface area (Å²) in [6.45, 7) is 4.25. The van der Waals surface area contributed by atoms with Gasteiger partial charge < -0.3 is 19.3 Å². The molecule has 0 aromatic heterocycles. The molecular weight excluding hydrogens is 388 g/mol. The van der Waals surface area contributed by atoms with E-state index in [4.69, 9.17) is 14.2 Å². The van der Waals surface area contributed by atoms with Crippen LogP contribution in [0.4, 0.5) is 0 Å². The summed E-state index contributed by atoms with van der Waals surface area (Å²) in [4.78, 5) is 0. The number of aliphatic hydroxyl groups excluding tert-OH is 1. The lowest BCUT2D eigenvalue weighted by molar-refractivity contribution is -0.246. The zero-order valence-electron chi connectivity index (χ0n) is 18.3. The number of benzene rings is 2. The fourth-order valence-corrected chi connectivity index (χ4v) is 7.35. The summed E-state index contributed by atoms with van der Waals surface area (Å²) in [5.41, 5.74) is 3.75. The van der Waals surface area contributed by atoms with Gasteiger partial charge in [-0.05, 0) is 66.3 Å². The van der Waals surface area contributed by atoms with E-state index in [2.05, 4.69) is 37.3 Å². The van der Waals surface area contributed by atoms with Crippen LogP contribution in [0.1, 0.15) is 55.2 Å². The number of rotatable bonds is 3. The summed E-state index contributed by atoms with van der Waals surface area (Å²) in [6.07, 6.45) is 4.66. The molecule has 5 atom stereocenters. The van der Waals surface area contributed by atoms with Crippen LogP contribution in [0.2, 0.25) is 0 Å². The number of hydrogen-bond donors (Lipinski definition) is 1. The van der Waals surface area contributed by atoms with Crippen molar-refractivity contribution < 1.29 is 19.3 Å². The number of fused-ring (bicyclic) bond motifs is 6. The molecule has 3 fully saturated rings. The van der Waals surface area contributed by atoms with Gasteiger partial charge in [-0.3, -0.25) is 0 Å². The van der Waals surface area contributed by atoms with Crippen LogP contribution in [0.3, 0.4) is 0 Å². The van der Waals surface area contributed by atoms with Crippen LogP contribution in [0, 0.1) is 17.3 Å². The van der Waals surface area contributed by atoms with Crippen LogP contribution >= 0.6 is 0 Å². The van der Waals surface area contributed by atoms with Gasteiger partial charge in [0.15, 0.2) is 5.79 Å². The predicted octanol–water partition coefficient (Wildman–Crippen LogP) is 4.84. The van der Waals surface area contributed by atoms with E-state index in [0.29, 0.717) is 31.7 Å². The fraction of sp³-hybridized carbons (Fsp3) is 0.556. The lowest BCUT2D eigenvalue weighted by atomic mass is 9.53. The second-order valence-corrected chi connectivity index (χ2v) is 10.1. The van der Waals surface area contributed by atoms with E-state index in [1.807, 2.05) is 18.2 Å². The summed E-state index contributed by atoms with van der Waals surface area (Å²) < 4.78 is 18.5. The number of ether oxygens (including phenoxy) is 3. The third-order valence-electron chi connectivity index (χ3n) is 8.72. The lowest BCUT2D eigenvalue weighted by Crippen LogP contribution is -2.55. The zero-order valence-corrected chi connectivity index (χ0v) is 18.3. The topological polar surface area (TPSA) is 47.9 Å². The average Bonchev–Trinajstić information content (AvgIpc) is 3.38. The van der Waals surface area contributed by atoms with Crippen LogP contribution in [0.15, 0.2) is 48.5 Å².